The van der Waals surface area contributed by atoms with Gasteiger partial charge in [-0.1, -0.05) is 20.8 Å². The van der Waals surface area contributed by atoms with Crippen LogP contribution in [0.1, 0.15) is 33.6 Å². The molecule has 2 fully saturated rings. The molecule has 0 aromatic carbocycles. The molecule has 1 saturated carbocycles. The molecule has 1 aliphatic heterocycles. The van der Waals surface area contributed by atoms with Crippen molar-refractivity contribution >= 4 is 5.91 Å². The zero-order valence-electron chi connectivity index (χ0n) is 11.8. The maximum atomic E-state index is 12.2. The zero-order valence-corrected chi connectivity index (χ0v) is 11.8. The molecule has 2 atom stereocenters. The van der Waals surface area contributed by atoms with Gasteiger partial charge < -0.3 is 15.4 Å². The van der Waals surface area contributed by atoms with Gasteiger partial charge in [-0.2, -0.15) is 0 Å². The average molecular weight is 254 g/mol. The van der Waals surface area contributed by atoms with Crippen molar-refractivity contribution in [2.24, 2.45) is 17.3 Å². The summed E-state index contributed by atoms with van der Waals surface area (Å²) in [6.07, 6.45) is 2.51. The van der Waals surface area contributed by atoms with Crippen molar-refractivity contribution in [2.45, 2.75) is 39.7 Å². The molecule has 1 heterocycles. The molecule has 1 amide bonds. The molecule has 4 heteroatoms. The molecule has 0 bridgehead atoms. The lowest BCUT2D eigenvalue weighted by molar-refractivity contribution is -0.125. The van der Waals surface area contributed by atoms with Gasteiger partial charge in [0.05, 0.1) is 19.1 Å². The predicted octanol–water partition coefficient (Wildman–Crippen LogP) is 1.16. The molecule has 2 N–H and O–H groups in total. The fraction of sp³-hybridized carbons (Fsp3) is 0.929. The Hall–Kier alpha value is -0.610. The standard InChI is InChI=1S/C14H26N2O2/c1-4-15-12-8-18-7-11(12)13(17)16-9-14(5-6-14)10(2)3/h10-12,15H,4-9H2,1-3H3,(H,16,17). The largest absolute Gasteiger partial charge is 0.379 e. The number of nitrogens with one attached hydrogen (secondary N) is 2. The Morgan fingerprint density at radius 1 is 1.39 bits per heavy atom. The van der Waals surface area contributed by atoms with Gasteiger partial charge in [-0.25, -0.2) is 0 Å². The zero-order chi connectivity index (χ0) is 13.2. The molecule has 1 aliphatic carbocycles. The Morgan fingerprint density at radius 2 is 2.11 bits per heavy atom. The van der Waals surface area contributed by atoms with E-state index in [4.69, 9.17) is 4.74 Å². The first-order valence-electron chi connectivity index (χ1n) is 7.18. The molecule has 0 aromatic rings. The quantitative estimate of drug-likeness (QED) is 0.748. The van der Waals surface area contributed by atoms with Crippen LogP contribution >= 0.6 is 0 Å². The molecule has 104 valence electrons. The minimum absolute atomic E-state index is 0.0205. The van der Waals surface area contributed by atoms with Crippen LogP contribution in [0.15, 0.2) is 0 Å². The number of rotatable bonds is 6. The van der Waals surface area contributed by atoms with Gasteiger partial charge in [-0.15, -0.1) is 0 Å². The summed E-state index contributed by atoms with van der Waals surface area (Å²) in [6, 6.07) is 0.184. The molecular formula is C14H26N2O2. The fourth-order valence-corrected chi connectivity index (χ4v) is 2.79. The highest BCUT2D eigenvalue weighted by molar-refractivity contribution is 5.80. The number of carbonyl (C=O) groups is 1. The van der Waals surface area contributed by atoms with E-state index >= 15 is 0 Å². The molecular weight excluding hydrogens is 228 g/mol. The van der Waals surface area contributed by atoms with Crippen LogP contribution in [0.25, 0.3) is 0 Å². The average Bonchev–Trinajstić information content (AvgIpc) is 3.00. The third kappa shape index (κ3) is 2.86. The van der Waals surface area contributed by atoms with E-state index in [0.29, 0.717) is 24.5 Å². The van der Waals surface area contributed by atoms with Gasteiger partial charge in [-0.05, 0) is 30.7 Å². The summed E-state index contributed by atoms with van der Waals surface area (Å²) >= 11 is 0. The molecule has 2 rings (SSSR count). The van der Waals surface area contributed by atoms with Crippen molar-refractivity contribution in [3.05, 3.63) is 0 Å². The van der Waals surface area contributed by atoms with Gasteiger partial charge in [0.15, 0.2) is 0 Å². The first kappa shape index (κ1) is 13.8. The molecule has 0 spiro atoms. The number of amides is 1. The Labute approximate surface area is 110 Å². The van der Waals surface area contributed by atoms with Gasteiger partial charge in [0.25, 0.3) is 0 Å². The summed E-state index contributed by atoms with van der Waals surface area (Å²) in [5.41, 5.74) is 0.378. The summed E-state index contributed by atoms with van der Waals surface area (Å²) < 4.78 is 5.42. The van der Waals surface area contributed by atoms with Gasteiger partial charge in [-0.3, -0.25) is 4.79 Å². The predicted molar refractivity (Wildman–Crippen MR) is 71.3 cm³/mol. The molecule has 1 saturated heterocycles. The highest BCUT2D eigenvalue weighted by Crippen LogP contribution is 2.51. The lowest BCUT2D eigenvalue weighted by Gasteiger charge is -2.23. The van der Waals surface area contributed by atoms with E-state index < -0.39 is 0 Å². The number of ether oxygens (including phenoxy) is 1. The minimum Gasteiger partial charge on any atom is -0.379 e. The highest BCUT2D eigenvalue weighted by atomic mass is 16.5. The second kappa shape index (κ2) is 5.57. The van der Waals surface area contributed by atoms with Gasteiger partial charge >= 0.3 is 0 Å². The minimum atomic E-state index is -0.0205. The van der Waals surface area contributed by atoms with E-state index in [2.05, 4.69) is 31.4 Å². The van der Waals surface area contributed by atoms with Gasteiger partial charge in [0, 0.05) is 12.6 Å². The SMILES string of the molecule is CCNC1COCC1C(=O)NCC1(C(C)C)CC1. The van der Waals surface area contributed by atoms with Gasteiger partial charge in [0.2, 0.25) is 5.91 Å². The van der Waals surface area contributed by atoms with Crippen molar-refractivity contribution in [3.63, 3.8) is 0 Å². The Bertz CT molecular complexity index is 300. The van der Waals surface area contributed by atoms with Crippen LogP contribution in [0, 0.1) is 17.3 Å². The van der Waals surface area contributed by atoms with Crippen LogP contribution in [0.5, 0.6) is 0 Å². The van der Waals surface area contributed by atoms with Crippen LogP contribution in [0.2, 0.25) is 0 Å². The maximum Gasteiger partial charge on any atom is 0.227 e. The van der Waals surface area contributed by atoms with E-state index in [-0.39, 0.29) is 17.9 Å². The Balaban J connectivity index is 1.81. The number of carbonyl (C=O) groups excluding carboxylic acids is 1. The number of likely N-dealkylation sites (N-methyl/N-ethyl adjacent to an activating group) is 1. The highest BCUT2D eigenvalue weighted by Gasteiger charge is 2.46. The van der Waals surface area contributed by atoms with E-state index in [1.54, 1.807) is 0 Å². The molecule has 18 heavy (non-hydrogen) atoms. The fourth-order valence-electron chi connectivity index (χ4n) is 2.79. The second-order valence-electron chi connectivity index (χ2n) is 6.04. The van der Waals surface area contributed by atoms with E-state index in [0.717, 1.165) is 13.1 Å². The summed E-state index contributed by atoms with van der Waals surface area (Å²) in [5, 5.41) is 6.46. The van der Waals surface area contributed by atoms with Crippen LogP contribution in [0.4, 0.5) is 0 Å². The van der Waals surface area contributed by atoms with Crippen LogP contribution in [-0.2, 0) is 9.53 Å². The lowest BCUT2D eigenvalue weighted by atomic mass is 9.92. The third-order valence-corrected chi connectivity index (χ3v) is 4.62. The summed E-state index contributed by atoms with van der Waals surface area (Å²) in [5.74, 6) is 0.792. The molecule has 0 radical (unpaired) electrons. The van der Waals surface area contributed by atoms with E-state index in [9.17, 15) is 4.79 Å². The van der Waals surface area contributed by atoms with Crippen molar-refractivity contribution in [1.29, 1.82) is 0 Å². The van der Waals surface area contributed by atoms with Crippen molar-refractivity contribution < 1.29 is 9.53 Å². The first-order valence-corrected chi connectivity index (χ1v) is 7.18. The summed E-state index contributed by atoms with van der Waals surface area (Å²) in [7, 11) is 0. The number of hydrogen-bond acceptors (Lipinski definition) is 3. The van der Waals surface area contributed by atoms with Crippen molar-refractivity contribution in [3.8, 4) is 0 Å². The summed E-state index contributed by atoms with van der Waals surface area (Å²) in [6.45, 7) is 9.48. The van der Waals surface area contributed by atoms with Crippen LogP contribution < -0.4 is 10.6 Å². The summed E-state index contributed by atoms with van der Waals surface area (Å²) in [4.78, 5) is 12.2. The maximum absolute atomic E-state index is 12.2. The smallest absolute Gasteiger partial charge is 0.227 e. The molecule has 4 nitrogen and oxygen atoms in total. The normalized spacial score (nSPS) is 29.6. The molecule has 2 aliphatic rings. The topological polar surface area (TPSA) is 50.4 Å². The van der Waals surface area contributed by atoms with Crippen LogP contribution in [0.3, 0.4) is 0 Å². The first-order chi connectivity index (χ1) is 8.59. The molecule has 0 aromatic heterocycles. The second-order valence-corrected chi connectivity index (χ2v) is 6.04. The van der Waals surface area contributed by atoms with Crippen LogP contribution in [-0.4, -0.2) is 38.3 Å². The van der Waals surface area contributed by atoms with Crippen molar-refractivity contribution in [1.82, 2.24) is 10.6 Å². The number of hydrogen-bond donors (Lipinski definition) is 2. The lowest BCUT2D eigenvalue weighted by Crippen LogP contribution is -2.45. The van der Waals surface area contributed by atoms with E-state index in [1.165, 1.54) is 12.8 Å². The van der Waals surface area contributed by atoms with Crippen molar-refractivity contribution in [2.75, 3.05) is 26.3 Å². The van der Waals surface area contributed by atoms with E-state index in [1.807, 2.05) is 0 Å². The molecule has 2 unspecified atom stereocenters. The monoisotopic (exact) mass is 254 g/mol. The van der Waals surface area contributed by atoms with Gasteiger partial charge in [0.1, 0.15) is 0 Å². The Morgan fingerprint density at radius 3 is 2.67 bits per heavy atom. The third-order valence-electron chi connectivity index (χ3n) is 4.62. The Kier molecular flexibility index (Phi) is 4.28.